The zero-order valence-electron chi connectivity index (χ0n) is 11.7. The van der Waals surface area contributed by atoms with Crippen molar-refractivity contribution >= 4 is 11.8 Å². The molecule has 3 rings (SSSR count). The Morgan fingerprint density at radius 3 is 2.85 bits per heavy atom. The molecule has 3 N–H and O–H groups in total. The fraction of sp³-hybridized carbons (Fsp3) is 0.467. The second kappa shape index (κ2) is 5.15. The smallest absolute Gasteiger partial charge is 0.196 e. The number of amidine groups is 1. The summed E-state index contributed by atoms with van der Waals surface area (Å²) >= 11 is 0. The Bertz CT molecular complexity index is 559. The zero-order valence-corrected chi connectivity index (χ0v) is 11.7. The van der Waals surface area contributed by atoms with E-state index >= 15 is 0 Å². The minimum Gasteiger partial charge on any atom is -0.497 e. The Balaban J connectivity index is 1.81. The third-order valence-electron chi connectivity index (χ3n) is 3.85. The van der Waals surface area contributed by atoms with Crippen LogP contribution in [0, 0.1) is 0 Å². The molecule has 1 spiro atoms. The van der Waals surface area contributed by atoms with E-state index in [2.05, 4.69) is 16.4 Å². The second-order valence-corrected chi connectivity index (χ2v) is 5.40. The third kappa shape index (κ3) is 2.61. The highest BCUT2D eigenvalue weighted by Crippen LogP contribution is 2.35. The van der Waals surface area contributed by atoms with Crippen molar-refractivity contribution in [3.8, 4) is 5.75 Å². The SMILES string of the molecule is COc1cccc(CC2=NC3(CCCC3)N=C(N)N2)c1. The predicted molar refractivity (Wildman–Crippen MR) is 80.1 cm³/mol. The zero-order chi connectivity index (χ0) is 14.0. The Morgan fingerprint density at radius 2 is 2.10 bits per heavy atom. The van der Waals surface area contributed by atoms with E-state index in [0.717, 1.165) is 36.4 Å². The molecule has 0 atom stereocenters. The van der Waals surface area contributed by atoms with Crippen molar-refractivity contribution in [2.75, 3.05) is 7.11 Å². The van der Waals surface area contributed by atoms with Gasteiger partial charge in [0.15, 0.2) is 11.6 Å². The largest absolute Gasteiger partial charge is 0.497 e. The van der Waals surface area contributed by atoms with Gasteiger partial charge in [0.1, 0.15) is 11.6 Å². The molecule has 1 aromatic rings. The van der Waals surface area contributed by atoms with Crippen LogP contribution in [-0.2, 0) is 6.42 Å². The first-order chi connectivity index (χ1) is 9.69. The summed E-state index contributed by atoms with van der Waals surface area (Å²) in [6.07, 6.45) is 5.06. The quantitative estimate of drug-likeness (QED) is 0.881. The summed E-state index contributed by atoms with van der Waals surface area (Å²) in [6.45, 7) is 0. The van der Waals surface area contributed by atoms with Crippen LogP contribution in [0.15, 0.2) is 34.3 Å². The summed E-state index contributed by atoms with van der Waals surface area (Å²) in [6, 6.07) is 8.01. The van der Waals surface area contributed by atoms with Crippen molar-refractivity contribution in [2.45, 2.75) is 37.8 Å². The Morgan fingerprint density at radius 1 is 1.30 bits per heavy atom. The molecule has 106 valence electrons. The average Bonchev–Trinajstić information content (AvgIpc) is 2.85. The second-order valence-electron chi connectivity index (χ2n) is 5.40. The van der Waals surface area contributed by atoms with Crippen LogP contribution in [0.2, 0.25) is 0 Å². The number of nitrogens with one attached hydrogen (secondary N) is 1. The molecule has 0 saturated heterocycles. The number of nitrogens with zero attached hydrogens (tertiary/aromatic N) is 2. The van der Waals surface area contributed by atoms with Gasteiger partial charge in [-0.15, -0.1) is 0 Å². The number of guanidine groups is 1. The Hall–Kier alpha value is -2.04. The number of rotatable bonds is 3. The molecule has 1 aromatic carbocycles. The third-order valence-corrected chi connectivity index (χ3v) is 3.85. The maximum Gasteiger partial charge on any atom is 0.196 e. The predicted octanol–water partition coefficient (Wildman–Crippen LogP) is 1.82. The first-order valence-corrected chi connectivity index (χ1v) is 7.03. The van der Waals surface area contributed by atoms with Crippen LogP contribution in [0.5, 0.6) is 5.75 Å². The van der Waals surface area contributed by atoms with Crippen molar-refractivity contribution in [3.05, 3.63) is 29.8 Å². The summed E-state index contributed by atoms with van der Waals surface area (Å²) in [5.74, 6) is 2.24. The van der Waals surface area contributed by atoms with E-state index < -0.39 is 0 Å². The maximum absolute atomic E-state index is 5.92. The highest BCUT2D eigenvalue weighted by molar-refractivity contribution is 6.01. The van der Waals surface area contributed by atoms with E-state index in [0.29, 0.717) is 5.96 Å². The molecule has 5 nitrogen and oxygen atoms in total. The summed E-state index contributed by atoms with van der Waals surface area (Å²) in [5.41, 5.74) is 6.77. The monoisotopic (exact) mass is 272 g/mol. The molecule has 1 fully saturated rings. The number of ether oxygens (including phenoxy) is 1. The highest BCUT2D eigenvalue weighted by atomic mass is 16.5. The maximum atomic E-state index is 5.92. The van der Waals surface area contributed by atoms with Gasteiger partial charge < -0.3 is 15.8 Å². The lowest BCUT2D eigenvalue weighted by Crippen LogP contribution is -2.45. The van der Waals surface area contributed by atoms with Gasteiger partial charge in [-0.1, -0.05) is 12.1 Å². The molecule has 0 unspecified atom stereocenters. The van der Waals surface area contributed by atoms with Crippen molar-refractivity contribution in [1.29, 1.82) is 0 Å². The molecule has 1 saturated carbocycles. The lowest BCUT2D eigenvalue weighted by Gasteiger charge is -2.27. The Labute approximate surface area is 118 Å². The van der Waals surface area contributed by atoms with E-state index in [1.54, 1.807) is 7.11 Å². The van der Waals surface area contributed by atoms with Gasteiger partial charge in [0.05, 0.1) is 7.11 Å². The minimum atomic E-state index is -0.302. The van der Waals surface area contributed by atoms with Gasteiger partial charge in [0.2, 0.25) is 0 Å². The molecule has 0 radical (unpaired) electrons. The van der Waals surface area contributed by atoms with Gasteiger partial charge in [-0.05, 0) is 43.4 Å². The number of benzene rings is 1. The Kier molecular flexibility index (Phi) is 3.34. The van der Waals surface area contributed by atoms with Crippen molar-refractivity contribution in [2.24, 2.45) is 15.7 Å². The van der Waals surface area contributed by atoms with E-state index in [1.807, 2.05) is 18.2 Å². The van der Waals surface area contributed by atoms with Crippen molar-refractivity contribution < 1.29 is 4.74 Å². The molecular formula is C15H20N4O. The first kappa shape index (κ1) is 13.0. The lowest BCUT2D eigenvalue weighted by molar-refractivity contribution is 0.414. The summed E-state index contributed by atoms with van der Waals surface area (Å²) < 4.78 is 5.25. The van der Waals surface area contributed by atoms with Gasteiger partial charge >= 0.3 is 0 Å². The van der Waals surface area contributed by atoms with Crippen LogP contribution in [0.4, 0.5) is 0 Å². The van der Waals surface area contributed by atoms with Gasteiger partial charge in [0.25, 0.3) is 0 Å². The topological polar surface area (TPSA) is 72.0 Å². The molecule has 5 heteroatoms. The van der Waals surface area contributed by atoms with E-state index in [9.17, 15) is 0 Å². The standard InChI is InChI=1S/C15H20N4O/c1-20-12-6-4-5-11(9-12)10-13-17-14(16)19-15(18-13)7-2-3-8-15/h4-6,9H,2-3,7-8,10H2,1H3,(H3,16,17,18,19). The molecule has 2 aliphatic rings. The lowest BCUT2D eigenvalue weighted by atomic mass is 10.1. The van der Waals surface area contributed by atoms with Gasteiger partial charge in [-0.2, -0.15) is 0 Å². The van der Waals surface area contributed by atoms with Crippen LogP contribution in [0.1, 0.15) is 31.2 Å². The van der Waals surface area contributed by atoms with Crippen LogP contribution in [-0.4, -0.2) is 24.6 Å². The summed E-state index contributed by atoms with van der Waals surface area (Å²) in [7, 11) is 1.67. The molecule has 1 heterocycles. The fourth-order valence-corrected chi connectivity index (χ4v) is 2.93. The van der Waals surface area contributed by atoms with E-state index in [-0.39, 0.29) is 5.66 Å². The minimum absolute atomic E-state index is 0.302. The van der Waals surface area contributed by atoms with Crippen LogP contribution >= 0.6 is 0 Å². The number of aliphatic imine (C=N–C) groups is 2. The van der Waals surface area contributed by atoms with Crippen molar-refractivity contribution in [3.63, 3.8) is 0 Å². The normalized spacial score (nSPS) is 20.2. The molecule has 1 aliphatic heterocycles. The molecule has 0 bridgehead atoms. The molecule has 0 amide bonds. The van der Waals surface area contributed by atoms with Crippen LogP contribution in [0.25, 0.3) is 0 Å². The van der Waals surface area contributed by atoms with E-state index in [4.69, 9.17) is 15.5 Å². The number of nitrogens with two attached hydrogens (primary N) is 1. The number of hydrogen-bond donors (Lipinski definition) is 2. The first-order valence-electron chi connectivity index (χ1n) is 7.03. The van der Waals surface area contributed by atoms with Gasteiger partial charge in [0, 0.05) is 6.42 Å². The van der Waals surface area contributed by atoms with Gasteiger partial charge in [-0.25, -0.2) is 9.98 Å². The van der Waals surface area contributed by atoms with Gasteiger partial charge in [-0.3, -0.25) is 0 Å². The summed E-state index contributed by atoms with van der Waals surface area (Å²) in [4.78, 5) is 9.32. The average molecular weight is 272 g/mol. The highest BCUT2D eigenvalue weighted by Gasteiger charge is 2.35. The van der Waals surface area contributed by atoms with Crippen molar-refractivity contribution in [1.82, 2.24) is 5.32 Å². The van der Waals surface area contributed by atoms with Crippen LogP contribution < -0.4 is 15.8 Å². The van der Waals surface area contributed by atoms with E-state index in [1.165, 1.54) is 12.8 Å². The number of hydrogen-bond acceptors (Lipinski definition) is 5. The van der Waals surface area contributed by atoms with Crippen LogP contribution in [0.3, 0.4) is 0 Å². The summed E-state index contributed by atoms with van der Waals surface area (Å²) in [5, 5.41) is 3.09. The number of methoxy groups -OCH3 is 1. The fourth-order valence-electron chi connectivity index (χ4n) is 2.93. The molecule has 0 aromatic heterocycles. The molecule has 20 heavy (non-hydrogen) atoms. The molecular weight excluding hydrogens is 252 g/mol. The molecule has 1 aliphatic carbocycles.